The van der Waals surface area contributed by atoms with Gasteiger partial charge in [0, 0.05) is 28.9 Å². The molecule has 0 amide bonds. The molecule has 0 bridgehead atoms. The molecule has 0 radical (unpaired) electrons. The molecule has 3 aromatic heterocycles. The monoisotopic (exact) mass is 448 g/mol. The Morgan fingerprint density at radius 1 is 0.853 bits per heavy atom. The molecule has 0 aliphatic heterocycles. The Morgan fingerprint density at radius 3 is 2.35 bits per heavy atom. The summed E-state index contributed by atoms with van der Waals surface area (Å²) in [4.78, 5) is 14.1. The summed E-state index contributed by atoms with van der Waals surface area (Å²) in [5.74, 6) is 1.51. The molecule has 7 nitrogen and oxygen atoms in total. The first-order valence-electron chi connectivity index (χ1n) is 11.4. The van der Waals surface area contributed by atoms with Gasteiger partial charge in [0.15, 0.2) is 0 Å². The number of rotatable bonds is 5. The molecule has 3 heterocycles. The van der Waals surface area contributed by atoms with Crippen molar-refractivity contribution < 1.29 is 4.74 Å². The largest absolute Gasteiger partial charge is 0.481 e. The lowest BCUT2D eigenvalue weighted by Gasteiger charge is -2.38. The maximum absolute atomic E-state index is 6.53. The number of nitrogens with zero attached hydrogens (tertiary/aromatic N) is 5. The van der Waals surface area contributed by atoms with Crippen molar-refractivity contribution in [2.45, 2.75) is 24.8 Å². The van der Waals surface area contributed by atoms with Gasteiger partial charge in [-0.05, 0) is 36.5 Å². The van der Waals surface area contributed by atoms with Crippen molar-refractivity contribution in [3.8, 4) is 39.8 Å². The van der Waals surface area contributed by atoms with Gasteiger partial charge in [0.25, 0.3) is 5.78 Å². The lowest BCUT2D eigenvalue weighted by molar-refractivity contribution is 0.253. The minimum absolute atomic E-state index is 0.191. The van der Waals surface area contributed by atoms with Crippen LogP contribution in [-0.4, -0.2) is 31.7 Å². The zero-order chi connectivity index (χ0) is 23.1. The van der Waals surface area contributed by atoms with Crippen molar-refractivity contribution in [1.29, 1.82) is 0 Å². The average Bonchev–Trinajstić information content (AvgIpc) is 3.30. The van der Waals surface area contributed by atoms with E-state index < -0.39 is 0 Å². The molecule has 0 unspecified atom stereocenters. The molecule has 6 rings (SSSR count). The van der Waals surface area contributed by atoms with Gasteiger partial charge < -0.3 is 10.5 Å². The predicted octanol–water partition coefficient (Wildman–Crippen LogP) is 4.87. The molecule has 0 saturated heterocycles. The summed E-state index contributed by atoms with van der Waals surface area (Å²) in [7, 11) is 1.59. The maximum atomic E-state index is 6.53. The molecule has 1 saturated carbocycles. The second-order valence-corrected chi connectivity index (χ2v) is 8.70. The molecule has 1 aliphatic carbocycles. The Bertz CT molecular complexity index is 1470. The topological polar surface area (TPSA) is 91.2 Å². The highest BCUT2D eigenvalue weighted by Gasteiger charge is 2.34. The molecule has 2 N–H and O–H groups in total. The van der Waals surface area contributed by atoms with E-state index in [1.807, 2.05) is 36.5 Å². The molecule has 1 aliphatic rings. The van der Waals surface area contributed by atoms with E-state index in [2.05, 4.69) is 51.5 Å². The molecule has 7 heteroatoms. The second kappa shape index (κ2) is 8.04. The molecule has 1 fully saturated rings. The number of hydrogen-bond acceptors (Lipinski definition) is 6. The van der Waals surface area contributed by atoms with Gasteiger partial charge in [0.2, 0.25) is 11.7 Å². The molecular formula is C27H24N6O. The van der Waals surface area contributed by atoms with E-state index in [1.54, 1.807) is 17.7 Å². The van der Waals surface area contributed by atoms with Gasteiger partial charge in [-0.1, -0.05) is 60.7 Å². The lowest BCUT2D eigenvalue weighted by Crippen LogP contribution is -2.43. The number of benzene rings is 2. The van der Waals surface area contributed by atoms with Gasteiger partial charge in [0.05, 0.1) is 12.8 Å². The molecule has 0 spiro atoms. The maximum Gasteiger partial charge on any atom is 0.253 e. The normalized spacial score (nSPS) is 14.6. The smallest absolute Gasteiger partial charge is 0.253 e. The molecule has 0 atom stereocenters. The summed E-state index contributed by atoms with van der Waals surface area (Å²) in [6.45, 7) is 0. The second-order valence-electron chi connectivity index (χ2n) is 8.70. The summed E-state index contributed by atoms with van der Waals surface area (Å²) < 4.78 is 6.96. The van der Waals surface area contributed by atoms with Crippen molar-refractivity contribution in [3.63, 3.8) is 0 Å². The van der Waals surface area contributed by atoms with Gasteiger partial charge >= 0.3 is 0 Å². The third kappa shape index (κ3) is 3.50. The van der Waals surface area contributed by atoms with E-state index in [1.165, 1.54) is 12.0 Å². The third-order valence-corrected chi connectivity index (χ3v) is 6.56. The van der Waals surface area contributed by atoms with Crippen LogP contribution in [-0.2, 0) is 5.54 Å². The number of pyridine rings is 1. The van der Waals surface area contributed by atoms with Crippen molar-refractivity contribution in [1.82, 2.24) is 24.6 Å². The highest BCUT2D eigenvalue weighted by molar-refractivity contribution is 5.81. The van der Waals surface area contributed by atoms with Crippen LogP contribution in [0.4, 0.5) is 0 Å². The number of hydrogen-bond donors (Lipinski definition) is 1. The van der Waals surface area contributed by atoms with Crippen LogP contribution in [0.5, 0.6) is 5.88 Å². The van der Waals surface area contributed by atoms with Gasteiger partial charge in [-0.2, -0.15) is 4.98 Å². The lowest BCUT2D eigenvalue weighted by atomic mass is 9.72. The van der Waals surface area contributed by atoms with Gasteiger partial charge in [0.1, 0.15) is 5.69 Å². The average molecular weight is 449 g/mol. The quantitative estimate of drug-likeness (QED) is 0.413. The van der Waals surface area contributed by atoms with E-state index in [0.29, 0.717) is 23.2 Å². The van der Waals surface area contributed by atoms with E-state index in [0.717, 1.165) is 35.2 Å². The number of ether oxygens (including phenoxy) is 1. The number of nitrogens with two attached hydrogens (primary N) is 1. The van der Waals surface area contributed by atoms with Crippen LogP contribution in [0.3, 0.4) is 0 Å². The van der Waals surface area contributed by atoms with Crippen LogP contribution in [0.2, 0.25) is 0 Å². The fourth-order valence-corrected chi connectivity index (χ4v) is 4.44. The van der Waals surface area contributed by atoms with Gasteiger partial charge in [-0.25, -0.2) is 14.5 Å². The van der Waals surface area contributed by atoms with Crippen LogP contribution >= 0.6 is 0 Å². The van der Waals surface area contributed by atoms with Crippen molar-refractivity contribution in [2.24, 2.45) is 5.73 Å². The van der Waals surface area contributed by atoms with Crippen LogP contribution < -0.4 is 10.5 Å². The van der Waals surface area contributed by atoms with Gasteiger partial charge in [-0.3, -0.25) is 0 Å². The predicted molar refractivity (Wildman–Crippen MR) is 131 cm³/mol. The van der Waals surface area contributed by atoms with Crippen molar-refractivity contribution in [2.75, 3.05) is 7.11 Å². The fourth-order valence-electron chi connectivity index (χ4n) is 4.44. The first-order valence-corrected chi connectivity index (χ1v) is 11.4. The minimum atomic E-state index is -0.191. The molecule has 5 aromatic rings. The van der Waals surface area contributed by atoms with Crippen LogP contribution in [0.25, 0.3) is 39.7 Å². The van der Waals surface area contributed by atoms with E-state index in [9.17, 15) is 0 Å². The Balaban J connectivity index is 1.49. The highest BCUT2D eigenvalue weighted by Crippen LogP contribution is 2.39. The highest BCUT2D eigenvalue weighted by atomic mass is 16.5. The summed E-state index contributed by atoms with van der Waals surface area (Å²) in [5.41, 5.74) is 12.0. The Labute approximate surface area is 197 Å². The fraction of sp³-hybridized carbons (Fsp3) is 0.185. The number of fused-ring (bicyclic) bond motifs is 1. The molecule has 168 valence electrons. The summed E-state index contributed by atoms with van der Waals surface area (Å²) in [5, 5.41) is 4.65. The Morgan fingerprint density at radius 2 is 1.65 bits per heavy atom. The number of methoxy groups -OCH3 is 1. The summed E-state index contributed by atoms with van der Waals surface area (Å²) >= 11 is 0. The third-order valence-electron chi connectivity index (χ3n) is 6.56. The van der Waals surface area contributed by atoms with Crippen molar-refractivity contribution in [3.05, 3.63) is 84.6 Å². The Kier molecular flexibility index (Phi) is 4.85. The van der Waals surface area contributed by atoms with Crippen LogP contribution in [0.15, 0.2) is 79.0 Å². The van der Waals surface area contributed by atoms with E-state index in [-0.39, 0.29) is 5.54 Å². The zero-order valence-corrected chi connectivity index (χ0v) is 18.8. The molecule has 34 heavy (non-hydrogen) atoms. The van der Waals surface area contributed by atoms with E-state index >= 15 is 0 Å². The van der Waals surface area contributed by atoms with Crippen molar-refractivity contribution >= 4 is 5.78 Å². The van der Waals surface area contributed by atoms with Crippen LogP contribution in [0.1, 0.15) is 24.8 Å². The van der Waals surface area contributed by atoms with Crippen LogP contribution in [0, 0.1) is 0 Å². The Hall–Kier alpha value is -4.10. The summed E-state index contributed by atoms with van der Waals surface area (Å²) in [6, 6.07) is 24.2. The molecule has 2 aromatic carbocycles. The first kappa shape index (κ1) is 20.5. The molecular weight excluding hydrogens is 424 g/mol. The SMILES string of the molecule is COc1cccc(-c2nc3nc(-c4ccc(C5(N)CCC5)cc4)c(-c4ccccc4)cn3n2)n1. The standard InChI is InChI=1S/C27H24N6O/c1-34-23-10-5-9-22(29-23)25-31-26-30-24(19-11-13-20(14-12-19)27(28)15-6-16-27)21(17-33(26)32-25)18-7-3-2-4-8-18/h2-5,7-14,17H,6,15-16,28H2,1H3. The number of aromatic nitrogens is 5. The first-order chi connectivity index (χ1) is 16.6. The van der Waals surface area contributed by atoms with Gasteiger partial charge in [-0.15, -0.1) is 5.10 Å². The minimum Gasteiger partial charge on any atom is -0.481 e. The summed E-state index contributed by atoms with van der Waals surface area (Å²) in [6.07, 6.45) is 5.24. The zero-order valence-electron chi connectivity index (χ0n) is 18.8. The van der Waals surface area contributed by atoms with E-state index in [4.69, 9.17) is 15.5 Å².